The average Bonchev–Trinajstić information content (AvgIpc) is 3.17. The summed E-state index contributed by atoms with van der Waals surface area (Å²) in [6.07, 6.45) is 1.06. The summed E-state index contributed by atoms with van der Waals surface area (Å²) in [5, 5.41) is 7.54. The number of aromatic nitrogens is 5. The van der Waals surface area contributed by atoms with Crippen LogP contribution in [0.3, 0.4) is 0 Å². The van der Waals surface area contributed by atoms with E-state index in [1.165, 1.54) is 16.8 Å². The van der Waals surface area contributed by atoms with Crippen molar-refractivity contribution in [2.24, 2.45) is 0 Å². The number of nitrogen functional groups attached to an aromatic ring is 1. The number of hydrogen-bond acceptors (Lipinski definition) is 6. The van der Waals surface area contributed by atoms with Gasteiger partial charge in [0.2, 0.25) is 5.91 Å². The molecule has 0 radical (unpaired) electrons. The first-order valence-corrected chi connectivity index (χ1v) is 9.51. The lowest BCUT2D eigenvalue weighted by Crippen LogP contribution is -2.27. The second-order valence-electron chi connectivity index (χ2n) is 7.86. The van der Waals surface area contributed by atoms with Crippen LogP contribution in [0.15, 0.2) is 36.5 Å². The number of amides is 1. The molecule has 0 fully saturated rings. The molecule has 0 unspecified atom stereocenters. The highest BCUT2D eigenvalue weighted by Gasteiger charge is 2.42. The van der Waals surface area contributed by atoms with Gasteiger partial charge in [-0.1, -0.05) is 18.2 Å². The van der Waals surface area contributed by atoms with E-state index in [9.17, 15) is 13.6 Å². The number of pyridine rings is 1. The number of carbonyl (C=O) groups is 1. The average molecular weight is 421 g/mol. The van der Waals surface area contributed by atoms with Crippen molar-refractivity contribution in [3.05, 3.63) is 59.3 Å². The van der Waals surface area contributed by atoms with Gasteiger partial charge >= 0.3 is 0 Å². The molecule has 0 atom stereocenters. The van der Waals surface area contributed by atoms with Gasteiger partial charge < -0.3 is 11.1 Å². The fourth-order valence-electron chi connectivity index (χ4n) is 3.77. The number of nitrogens with two attached hydrogens (primary N) is 1. The molecular formula is C21H17F2N7O. The molecule has 0 saturated carbocycles. The SMILES string of the molecule is CC1(C)C(=O)Nc2nc(-c3nn(Cc4ccccc4F)c4ncc(F)cc34)nc(N)c21. The molecule has 0 aliphatic carbocycles. The second kappa shape index (κ2) is 6.53. The zero-order valence-electron chi connectivity index (χ0n) is 16.6. The minimum absolute atomic E-state index is 0.0754. The van der Waals surface area contributed by atoms with Crippen LogP contribution in [0.25, 0.3) is 22.6 Å². The van der Waals surface area contributed by atoms with Gasteiger partial charge in [-0.25, -0.2) is 28.4 Å². The number of benzene rings is 1. The maximum absolute atomic E-state index is 14.2. The van der Waals surface area contributed by atoms with Crippen molar-refractivity contribution in [2.75, 3.05) is 11.1 Å². The van der Waals surface area contributed by atoms with E-state index in [1.807, 2.05) is 0 Å². The minimum Gasteiger partial charge on any atom is -0.383 e. The third-order valence-electron chi connectivity index (χ3n) is 5.40. The molecule has 4 heterocycles. The number of rotatable bonds is 3. The molecule has 1 aliphatic rings. The molecule has 0 bridgehead atoms. The Bertz CT molecular complexity index is 1380. The predicted molar refractivity (Wildman–Crippen MR) is 110 cm³/mol. The Morgan fingerprint density at radius 1 is 1.19 bits per heavy atom. The van der Waals surface area contributed by atoms with Gasteiger partial charge in [-0.3, -0.25) is 4.79 Å². The smallest absolute Gasteiger partial charge is 0.235 e. The molecule has 3 N–H and O–H groups in total. The number of carbonyl (C=O) groups excluding carboxylic acids is 1. The van der Waals surface area contributed by atoms with Gasteiger partial charge in [0.1, 0.15) is 29.0 Å². The Balaban J connectivity index is 1.69. The summed E-state index contributed by atoms with van der Waals surface area (Å²) < 4.78 is 29.6. The first-order chi connectivity index (χ1) is 14.8. The first kappa shape index (κ1) is 19.0. The van der Waals surface area contributed by atoms with Gasteiger partial charge in [-0.15, -0.1) is 0 Å². The van der Waals surface area contributed by atoms with Gasteiger partial charge in [0.15, 0.2) is 11.5 Å². The summed E-state index contributed by atoms with van der Waals surface area (Å²) in [6, 6.07) is 7.55. The monoisotopic (exact) mass is 421 g/mol. The lowest BCUT2D eigenvalue weighted by atomic mass is 9.87. The molecule has 10 heteroatoms. The summed E-state index contributed by atoms with van der Waals surface area (Å²) in [7, 11) is 0. The van der Waals surface area contributed by atoms with Crippen LogP contribution in [0.5, 0.6) is 0 Å². The van der Waals surface area contributed by atoms with Crippen LogP contribution >= 0.6 is 0 Å². The van der Waals surface area contributed by atoms with Crippen molar-refractivity contribution in [3.63, 3.8) is 0 Å². The molecule has 1 aliphatic heterocycles. The zero-order chi connectivity index (χ0) is 21.9. The van der Waals surface area contributed by atoms with Crippen molar-refractivity contribution in [3.8, 4) is 11.5 Å². The maximum atomic E-state index is 14.2. The molecular weight excluding hydrogens is 404 g/mol. The summed E-state index contributed by atoms with van der Waals surface area (Å²) in [6.45, 7) is 3.53. The quantitative estimate of drug-likeness (QED) is 0.526. The third-order valence-corrected chi connectivity index (χ3v) is 5.40. The van der Waals surface area contributed by atoms with Crippen molar-refractivity contribution >= 4 is 28.6 Å². The van der Waals surface area contributed by atoms with Crippen molar-refractivity contribution in [1.82, 2.24) is 24.7 Å². The molecule has 156 valence electrons. The Hall–Kier alpha value is -3.95. The number of nitrogens with one attached hydrogen (secondary N) is 1. The zero-order valence-corrected chi connectivity index (χ0v) is 16.6. The molecule has 1 amide bonds. The molecule has 4 aromatic rings. The highest BCUT2D eigenvalue weighted by atomic mass is 19.1. The number of fused-ring (bicyclic) bond motifs is 2. The van der Waals surface area contributed by atoms with Crippen LogP contribution in [0.1, 0.15) is 25.0 Å². The highest BCUT2D eigenvalue weighted by molar-refractivity contribution is 6.06. The van der Waals surface area contributed by atoms with Gasteiger partial charge in [0.05, 0.1) is 29.1 Å². The van der Waals surface area contributed by atoms with Crippen LogP contribution in [0.2, 0.25) is 0 Å². The molecule has 1 aromatic carbocycles. The lowest BCUT2D eigenvalue weighted by Gasteiger charge is -2.15. The van der Waals surface area contributed by atoms with Crippen LogP contribution < -0.4 is 11.1 Å². The van der Waals surface area contributed by atoms with Crippen LogP contribution in [0, 0.1) is 11.6 Å². The van der Waals surface area contributed by atoms with E-state index in [4.69, 9.17) is 5.73 Å². The Kier molecular flexibility index (Phi) is 4.01. The molecule has 0 saturated heterocycles. The van der Waals surface area contributed by atoms with Crippen molar-refractivity contribution in [2.45, 2.75) is 25.8 Å². The predicted octanol–water partition coefficient (Wildman–Crippen LogP) is 3.03. The van der Waals surface area contributed by atoms with E-state index in [-0.39, 0.29) is 29.8 Å². The Morgan fingerprint density at radius 2 is 1.97 bits per heavy atom. The van der Waals surface area contributed by atoms with Crippen molar-refractivity contribution < 1.29 is 13.6 Å². The van der Waals surface area contributed by atoms with E-state index >= 15 is 0 Å². The molecule has 3 aromatic heterocycles. The summed E-state index contributed by atoms with van der Waals surface area (Å²) in [5.74, 6) is -0.675. The van der Waals surface area contributed by atoms with Gasteiger partial charge in [0.25, 0.3) is 0 Å². The number of halogens is 2. The van der Waals surface area contributed by atoms with Gasteiger partial charge in [0, 0.05) is 5.56 Å². The number of hydrogen-bond donors (Lipinski definition) is 2. The fourth-order valence-corrected chi connectivity index (χ4v) is 3.77. The Morgan fingerprint density at radius 3 is 2.74 bits per heavy atom. The topological polar surface area (TPSA) is 112 Å². The fraction of sp³-hybridized carbons (Fsp3) is 0.190. The number of nitrogens with zero attached hydrogens (tertiary/aromatic N) is 5. The van der Waals surface area contributed by atoms with E-state index in [0.717, 1.165) is 6.20 Å². The van der Waals surface area contributed by atoms with Crippen molar-refractivity contribution in [1.29, 1.82) is 0 Å². The minimum atomic E-state index is -0.877. The van der Waals surface area contributed by atoms with E-state index < -0.39 is 17.0 Å². The second-order valence-corrected chi connectivity index (χ2v) is 7.86. The molecule has 0 spiro atoms. The number of anilines is 2. The van der Waals surface area contributed by atoms with E-state index in [0.29, 0.717) is 28.0 Å². The summed E-state index contributed by atoms with van der Waals surface area (Å²) in [4.78, 5) is 25.2. The highest BCUT2D eigenvalue weighted by Crippen LogP contribution is 2.40. The third kappa shape index (κ3) is 2.90. The standard InChI is InChI=1S/C21H17F2N7O/c1-21(2)14-16(24)26-18(27-17(14)28-20(21)31)15-12-7-11(22)8-25-19(12)30(29-15)9-10-5-3-4-6-13(10)23/h3-8H,9H2,1-2H3,(H3,24,26,27,28,31). The van der Waals surface area contributed by atoms with Gasteiger partial charge in [-0.2, -0.15) is 5.10 Å². The molecule has 8 nitrogen and oxygen atoms in total. The van der Waals surface area contributed by atoms with Crippen LogP contribution in [-0.2, 0) is 16.8 Å². The van der Waals surface area contributed by atoms with Crippen LogP contribution in [0.4, 0.5) is 20.4 Å². The van der Waals surface area contributed by atoms with E-state index in [1.54, 1.807) is 32.0 Å². The molecule has 31 heavy (non-hydrogen) atoms. The van der Waals surface area contributed by atoms with Gasteiger partial charge in [-0.05, 0) is 26.0 Å². The Labute approximate surface area is 175 Å². The summed E-state index contributed by atoms with van der Waals surface area (Å²) >= 11 is 0. The summed E-state index contributed by atoms with van der Waals surface area (Å²) in [5.41, 5.74) is 6.74. The normalized spacial score (nSPS) is 14.6. The molecule has 5 rings (SSSR count). The largest absolute Gasteiger partial charge is 0.383 e. The first-order valence-electron chi connectivity index (χ1n) is 9.51. The maximum Gasteiger partial charge on any atom is 0.235 e. The lowest BCUT2D eigenvalue weighted by molar-refractivity contribution is -0.119. The van der Waals surface area contributed by atoms with E-state index in [2.05, 4.69) is 25.4 Å². The van der Waals surface area contributed by atoms with Crippen LogP contribution in [-0.4, -0.2) is 30.6 Å².